The summed E-state index contributed by atoms with van der Waals surface area (Å²) in [5.74, 6) is 0. The zero-order valence-corrected chi connectivity index (χ0v) is 12.1. The minimum Gasteiger partial charge on any atom is -0.377 e. The van der Waals surface area contributed by atoms with Crippen molar-refractivity contribution in [2.75, 3.05) is 25.1 Å². The highest BCUT2D eigenvalue weighted by Crippen LogP contribution is 2.26. The van der Waals surface area contributed by atoms with Gasteiger partial charge in [0.25, 0.3) is 0 Å². The Bertz CT molecular complexity index is 605. The first-order valence-corrected chi connectivity index (χ1v) is 7.16. The molecule has 2 atom stereocenters. The highest BCUT2D eigenvalue weighted by molar-refractivity contribution is 6.31. The van der Waals surface area contributed by atoms with Crippen molar-refractivity contribution in [1.29, 1.82) is 0 Å². The van der Waals surface area contributed by atoms with Crippen LogP contribution in [0.2, 0.25) is 5.02 Å². The molecule has 2 heterocycles. The lowest BCUT2D eigenvalue weighted by Crippen LogP contribution is -2.34. The molecule has 20 heavy (non-hydrogen) atoms. The van der Waals surface area contributed by atoms with Crippen molar-refractivity contribution in [2.45, 2.75) is 19.1 Å². The van der Waals surface area contributed by atoms with Gasteiger partial charge >= 0.3 is 0 Å². The average Bonchev–Trinajstić information content (AvgIpc) is 2.86. The summed E-state index contributed by atoms with van der Waals surface area (Å²) >= 11 is 6.01. The highest BCUT2D eigenvalue weighted by atomic mass is 35.5. The van der Waals surface area contributed by atoms with Crippen LogP contribution in [0.5, 0.6) is 0 Å². The van der Waals surface area contributed by atoms with Crippen LogP contribution in [0, 0.1) is 0 Å². The van der Waals surface area contributed by atoms with E-state index in [-0.39, 0.29) is 12.1 Å². The number of benzene rings is 1. The van der Waals surface area contributed by atoms with E-state index in [4.69, 9.17) is 21.1 Å². The molecule has 1 aromatic carbocycles. The van der Waals surface area contributed by atoms with Crippen molar-refractivity contribution in [1.82, 2.24) is 4.98 Å². The van der Waals surface area contributed by atoms with Gasteiger partial charge in [0.05, 0.1) is 24.8 Å². The van der Waals surface area contributed by atoms with Crippen LogP contribution in [-0.2, 0) is 9.47 Å². The van der Waals surface area contributed by atoms with Gasteiger partial charge in [0, 0.05) is 28.9 Å². The number of rotatable bonds is 4. The second-order valence-electron chi connectivity index (χ2n) is 4.80. The molecule has 2 aromatic rings. The van der Waals surface area contributed by atoms with Gasteiger partial charge in [0.1, 0.15) is 6.10 Å². The Kier molecular flexibility index (Phi) is 4.05. The van der Waals surface area contributed by atoms with Crippen LogP contribution in [-0.4, -0.2) is 37.0 Å². The molecule has 5 heteroatoms. The average molecular weight is 293 g/mol. The Balaban J connectivity index is 1.87. The molecule has 1 aliphatic heterocycles. The van der Waals surface area contributed by atoms with Gasteiger partial charge in [0.15, 0.2) is 0 Å². The molecular weight excluding hydrogens is 276 g/mol. The van der Waals surface area contributed by atoms with Crippen LogP contribution in [0.15, 0.2) is 30.5 Å². The number of ether oxygens (including phenoxy) is 2. The van der Waals surface area contributed by atoms with Crippen LogP contribution in [0.3, 0.4) is 0 Å². The number of hydrogen-bond acceptors (Lipinski definition) is 4. The van der Waals surface area contributed by atoms with E-state index in [1.807, 2.05) is 31.2 Å². The van der Waals surface area contributed by atoms with Crippen LogP contribution in [0.25, 0.3) is 10.9 Å². The first-order valence-electron chi connectivity index (χ1n) is 6.78. The third-order valence-electron chi connectivity index (χ3n) is 3.45. The summed E-state index contributed by atoms with van der Waals surface area (Å²) in [6, 6.07) is 7.86. The van der Waals surface area contributed by atoms with E-state index in [0.29, 0.717) is 24.8 Å². The number of halogens is 1. The molecule has 1 fully saturated rings. The van der Waals surface area contributed by atoms with Gasteiger partial charge in [-0.25, -0.2) is 0 Å². The minimum atomic E-state index is 0.0931. The molecule has 106 valence electrons. The van der Waals surface area contributed by atoms with Crippen LogP contribution >= 0.6 is 11.6 Å². The second-order valence-corrected chi connectivity index (χ2v) is 5.24. The van der Waals surface area contributed by atoms with Crippen LogP contribution in [0.1, 0.15) is 6.92 Å². The maximum atomic E-state index is 6.01. The van der Waals surface area contributed by atoms with Crippen molar-refractivity contribution in [3.05, 3.63) is 35.5 Å². The number of hydrogen-bond donors (Lipinski definition) is 1. The summed E-state index contributed by atoms with van der Waals surface area (Å²) in [5.41, 5.74) is 1.92. The zero-order valence-electron chi connectivity index (χ0n) is 11.3. The monoisotopic (exact) mass is 292 g/mol. The number of pyridine rings is 1. The largest absolute Gasteiger partial charge is 0.377 e. The fourth-order valence-corrected chi connectivity index (χ4v) is 2.66. The number of nitrogens with one attached hydrogen (secondary N) is 1. The SMILES string of the molecule is CCO[C@H]1COC[C@@H]1Nc1ccnc2cc(Cl)ccc12. The summed E-state index contributed by atoms with van der Waals surface area (Å²) in [5, 5.41) is 5.25. The Morgan fingerprint density at radius 1 is 1.40 bits per heavy atom. The van der Waals surface area contributed by atoms with Crippen LogP contribution in [0.4, 0.5) is 5.69 Å². The summed E-state index contributed by atoms with van der Waals surface area (Å²) in [6.45, 7) is 3.99. The molecule has 1 aliphatic rings. The molecule has 3 rings (SSSR count). The Hall–Kier alpha value is -1.36. The van der Waals surface area contributed by atoms with Gasteiger partial charge < -0.3 is 14.8 Å². The third-order valence-corrected chi connectivity index (χ3v) is 3.69. The molecule has 0 radical (unpaired) electrons. The van der Waals surface area contributed by atoms with Crippen molar-refractivity contribution in [3.63, 3.8) is 0 Å². The van der Waals surface area contributed by atoms with Gasteiger partial charge in [-0.15, -0.1) is 0 Å². The first-order chi connectivity index (χ1) is 9.78. The first kappa shape index (κ1) is 13.6. The third kappa shape index (κ3) is 2.73. The molecule has 0 spiro atoms. The standard InChI is InChI=1S/C15H17ClN2O2/c1-2-20-15-9-19-8-14(15)18-12-5-6-17-13-7-10(16)3-4-11(12)13/h3-7,14-15H,2,8-9H2,1H3,(H,17,18)/t14-,15-/m0/s1. The molecule has 1 aromatic heterocycles. The second kappa shape index (κ2) is 5.95. The fraction of sp³-hybridized carbons (Fsp3) is 0.400. The van der Waals surface area contributed by atoms with Gasteiger partial charge in [-0.05, 0) is 31.2 Å². The van der Waals surface area contributed by atoms with E-state index in [0.717, 1.165) is 16.6 Å². The van der Waals surface area contributed by atoms with Gasteiger partial charge in [-0.1, -0.05) is 11.6 Å². The minimum absolute atomic E-state index is 0.0931. The molecule has 0 saturated carbocycles. The van der Waals surface area contributed by atoms with E-state index < -0.39 is 0 Å². The number of fused-ring (bicyclic) bond motifs is 1. The predicted octanol–water partition coefficient (Wildman–Crippen LogP) is 3.10. The summed E-state index contributed by atoms with van der Waals surface area (Å²) in [7, 11) is 0. The molecule has 0 aliphatic carbocycles. The van der Waals surface area contributed by atoms with Crippen molar-refractivity contribution in [3.8, 4) is 0 Å². The Morgan fingerprint density at radius 2 is 2.30 bits per heavy atom. The molecule has 1 saturated heterocycles. The Morgan fingerprint density at radius 3 is 3.15 bits per heavy atom. The lowest BCUT2D eigenvalue weighted by Gasteiger charge is -2.20. The van der Waals surface area contributed by atoms with Gasteiger partial charge in [0.2, 0.25) is 0 Å². The maximum Gasteiger partial charge on any atom is 0.103 e. The zero-order chi connectivity index (χ0) is 13.9. The fourth-order valence-electron chi connectivity index (χ4n) is 2.49. The molecule has 4 nitrogen and oxygen atoms in total. The van der Waals surface area contributed by atoms with E-state index in [1.165, 1.54) is 0 Å². The Labute approximate surface area is 123 Å². The number of aromatic nitrogens is 1. The van der Waals surface area contributed by atoms with Crippen molar-refractivity contribution < 1.29 is 9.47 Å². The van der Waals surface area contributed by atoms with E-state index in [9.17, 15) is 0 Å². The molecule has 0 amide bonds. The van der Waals surface area contributed by atoms with Gasteiger partial charge in [-0.3, -0.25) is 4.98 Å². The highest BCUT2D eigenvalue weighted by Gasteiger charge is 2.28. The summed E-state index contributed by atoms with van der Waals surface area (Å²) < 4.78 is 11.2. The lowest BCUT2D eigenvalue weighted by atomic mass is 10.1. The number of nitrogens with zero attached hydrogens (tertiary/aromatic N) is 1. The maximum absolute atomic E-state index is 6.01. The molecular formula is C15H17ClN2O2. The van der Waals surface area contributed by atoms with Crippen molar-refractivity contribution in [2.24, 2.45) is 0 Å². The number of anilines is 1. The van der Waals surface area contributed by atoms with Gasteiger partial charge in [-0.2, -0.15) is 0 Å². The van der Waals surface area contributed by atoms with Crippen LogP contribution < -0.4 is 5.32 Å². The predicted molar refractivity (Wildman–Crippen MR) is 80.4 cm³/mol. The van der Waals surface area contributed by atoms with E-state index in [2.05, 4.69) is 10.3 Å². The van der Waals surface area contributed by atoms with E-state index in [1.54, 1.807) is 6.20 Å². The topological polar surface area (TPSA) is 43.4 Å². The summed E-state index contributed by atoms with van der Waals surface area (Å²) in [6.07, 6.45) is 1.88. The molecule has 1 N–H and O–H groups in total. The molecule has 0 bridgehead atoms. The molecule has 0 unspecified atom stereocenters. The quantitative estimate of drug-likeness (QED) is 0.940. The smallest absolute Gasteiger partial charge is 0.103 e. The summed E-state index contributed by atoms with van der Waals surface area (Å²) in [4.78, 5) is 4.35. The normalized spacial score (nSPS) is 22.3. The lowest BCUT2D eigenvalue weighted by molar-refractivity contribution is 0.0478. The van der Waals surface area contributed by atoms with Crippen molar-refractivity contribution >= 4 is 28.2 Å². The van der Waals surface area contributed by atoms with E-state index >= 15 is 0 Å².